The van der Waals surface area contributed by atoms with Crippen LogP contribution in [0.1, 0.15) is 10.5 Å². The van der Waals surface area contributed by atoms with E-state index in [1.54, 1.807) is 24.6 Å². The van der Waals surface area contributed by atoms with Crippen LogP contribution in [0.25, 0.3) is 10.6 Å². The van der Waals surface area contributed by atoms with Gasteiger partial charge in [-0.1, -0.05) is 12.1 Å². The van der Waals surface area contributed by atoms with E-state index in [9.17, 15) is 14.0 Å². The molecule has 2 aromatic carbocycles. The Hall–Kier alpha value is -2.71. The van der Waals surface area contributed by atoms with E-state index in [-0.39, 0.29) is 29.9 Å². The molecule has 0 unspecified atom stereocenters. The second kappa shape index (κ2) is 8.99. The SMILES string of the molecule is CSc1ccccc1NC(=O)CN(C)C(=O)c1csc(-c2ccc(F)cc2)n1. The number of amides is 2. The van der Waals surface area contributed by atoms with E-state index in [1.807, 2.05) is 30.5 Å². The lowest BCUT2D eigenvalue weighted by Gasteiger charge is -2.16. The molecule has 28 heavy (non-hydrogen) atoms. The Balaban J connectivity index is 1.64. The second-order valence-corrected chi connectivity index (χ2v) is 7.66. The number of anilines is 1. The minimum absolute atomic E-state index is 0.0923. The highest BCUT2D eigenvalue weighted by atomic mass is 32.2. The topological polar surface area (TPSA) is 62.3 Å². The Bertz CT molecular complexity index is 989. The highest BCUT2D eigenvalue weighted by Gasteiger charge is 2.19. The average molecular weight is 416 g/mol. The Kier molecular flexibility index (Phi) is 6.43. The zero-order chi connectivity index (χ0) is 20.1. The summed E-state index contributed by atoms with van der Waals surface area (Å²) in [7, 11) is 1.55. The first-order valence-electron chi connectivity index (χ1n) is 8.37. The van der Waals surface area contributed by atoms with Crippen molar-refractivity contribution in [2.24, 2.45) is 0 Å². The standard InChI is InChI=1S/C20H18FN3O2S2/c1-24(11-18(25)22-15-5-3-4-6-17(15)27-2)20(26)16-12-28-19(23-16)13-7-9-14(21)10-8-13/h3-10,12H,11H2,1-2H3,(H,22,25). The highest BCUT2D eigenvalue weighted by Crippen LogP contribution is 2.25. The monoisotopic (exact) mass is 415 g/mol. The third-order valence-electron chi connectivity index (χ3n) is 3.92. The lowest BCUT2D eigenvalue weighted by atomic mass is 10.2. The zero-order valence-electron chi connectivity index (χ0n) is 15.3. The number of thiazole rings is 1. The molecule has 0 saturated carbocycles. The summed E-state index contributed by atoms with van der Waals surface area (Å²) in [6.07, 6.45) is 1.93. The molecule has 0 spiro atoms. The molecule has 1 aromatic heterocycles. The molecule has 0 aliphatic rings. The van der Waals surface area contributed by atoms with E-state index in [0.29, 0.717) is 10.7 Å². The van der Waals surface area contributed by atoms with Crippen LogP contribution in [-0.4, -0.2) is 41.5 Å². The fourth-order valence-electron chi connectivity index (χ4n) is 2.52. The van der Waals surface area contributed by atoms with Crippen molar-refractivity contribution in [3.63, 3.8) is 0 Å². The van der Waals surface area contributed by atoms with E-state index in [0.717, 1.165) is 10.5 Å². The lowest BCUT2D eigenvalue weighted by Crippen LogP contribution is -2.35. The molecule has 3 aromatic rings. The predicted octanol–water partition coefficient (Wildman–Crippen LogP) is 4.38. The predicted molar refractivity (Wildman–Crippen MR) is 111 cm³/mol. The molecule has 1 heterocycles. The number of rotatable bonds is 6. The number of benzene rings is 2. The molecule has 3 rings (SSSR count). The quantitative estimate of drug-likeness (QED) is 0.607. The van der Waals surface area contributed by atoms with Crippen molar-refractivity contribution >= 4 is 40.6 Å². The summed E-state index contributed by atoms with van der Waals surface area (Å²) in [4.78, 5) is 31.5. The molecule has 0 saturated heterocycles. The van der Waals surface area contributed by atoms with E-state index in [4.69, 9.17) is 0 Å². The summed E-state index contributed by atoms with van der Waals surface area (Å²) in [5.41, 5.74) is 1.71. The third-order valence-corrected chi connectivity index (χ3v) is 5.61. The highest BCUT2D eigenvalue weighted by molar-refractivity contribution is 7.98. The molecule has 0 radical (unpaired) electrons. The van der Waals surface area contributed by atoms with Gasteiger partial charge >= 0.3 is 0 Å². The maximum Gasteiger partial charge on any atom is 0.273 e. The van der Waals surface area contributed by atoms with Gasteiger partial charge in [-0.15, -0.1) is 23.1 Å². The summed E-state index contributed by atoms with van der Waals surface area (Å²) >= 11 is 2.83. The average Bonchev–Trinajstić information content (AvgIpc) is 3.18. The number of nitrogens with one attached hydrogen (secondary N) is 1. The largest absolute Gasteiger partial charge is 0.331 e. The molecule has 0 aliphatic carbocycles. The van der Waals surface area contributed by atoms with Crippen LogP contribution in [0.5, 0.6) is 0 Å². The van der Waals surface area contributed by atoms with E-state index in [1.165, 1.54) is 40.1 Å². The molecule has 5 nitrogen and oxygen atoms in total. The second-order valence-electron chi connectivity index (χ2n) is 5.95. The Labute approximate surface area is 170 Å². The Morgan fingerprint density at radius 3 is 2.61 bits per heavy atom. The van der Waals surface area contributed by atoms with Crippen molar-refractivity contribution in [2.75, 3.05) is 25.2 Å². The first-order chi connectivity index (χ1) is 13.5. The van der Waals surface area contributed by atoms with Crippen LogP contribution in [0.3, 0.4) is 0 Å². The number of hydrogen-bond donors (Lipinski definition) is 1. The van der Waals surface area contributed by atoms with Gasteiger partial charge in [0, 0.05) is 22.9 Å². The number of hydrogen-bond acceptors (Lipinski definition) is 5. The molecule has 2 amide bonds. The first-order valence-corrected chi connectivity index (χ1v) is 10.5. The number of carbonyl (C=O) groups is 2. The van der Waals surface area contributed by atoms with Gasteiger partial charge in [-0.3, -0.25) is 9.59 Å². The fraction of sp³-hybridized carbons (Fsp3) is 0.150. The van der Waals surface area contributed by atoms with Gasteiger partial charge in [0.05, 0.1) is 12.2 Å². The van der Waals surface area contributed by atoms with Crippen LogP contribution in [0.15, 0.2) is 58.8 Å². The molecular weight excluding hydrogens is 397 g/mol. The number of carbonyl (C=O) groups excluding carboxylic acids is 2. The Morgan fingerprint density at radius 2 is 1.89 bits per heavy atom. The van der Waals surface area contributed by atoms with Crippen molar-refractivity contribution in [2.45, 2.75) is 4.90 Å². The number of likely N-dealkylation sites (N-methyl/N-ethyl adjacent to an activating group) is 1. The van der Waals surface area contributed by atoms with Crippen LogP contribution in [0, 0.1) is 5.82 Å². The number of nitrogens with zero attached hydrogens (tertiary/aromatic N) is 2. The Morgan fingerprint density at radius 1 is 1.18 bits per heavy atom. The van der Waals surface area contributed by atoms with E-state index < -0.39 is 0 Å². The van der Waals surface area contributed by atoms with Crippen LogP contribution in [-0.2, 0) is 4.79 Å². The van der Waals surface area contributed by atoms with E-state index in [2.05, 4.69) is 10.3 Å². The van der Waals surface area contributed by atoms with Gasteiger partial charge in [0.15, 0.2) is 0 Å². The van der Waals surface area contributed by atoms with Crippen LogP contribution >= 0.6 is 23.1 Å². The molecule has 0 bridgehead atoms. The number of halogens is 1. The van der Waals surface area contributed by atoms with Gasteiger partial charge < -0.3 is 10.2 Å². The molecule has 0 fully saturated rings. The summed E-state index contributed by atoms with van der Waals surface area (Å²) in [6, 6.07) is 13.4. The first kappa shape index (κ1) is 20.0. The normalized spacial score (nSPS) is 10.5. The van der Waals surface area contributed by atoms with E-state index >= 15 is 0 Å². The molecule has 144 valence electrons. The third kappa shape index (κ3) is 4.76. The van der Waals surface area contributed by atoms with Gasteiger partial charge in [0.25, 0.3) is 5.91 Å². The lowest BCUT2D eigenvalue weighted by molar-refractivity contribution is -0.116. The van der Waals surface area contributed by atoms with Crippen molar-refractivity contribution in [1.29, 1.82) is 0 Å². The van der Waals surface area contributed by atoms with Crippen molar-refractivity contribution in [3.8, 4) is 10.6 Å². The number of para-hydroxylation sites is 1. The van der Waals surface area contributed by atoms with Crippen LogP contribution in [0.4, 0.5) is 10.1 Å². The molecule has 0 atom stereocenters. The van der Waals surface area contributed by atoms with Gasteiger partial charge in [0.1, 0.15) is 16.5 Å². The summed E-state index contributed by atoms with van der Waals surface area (Å²) in [6.45, 7) is -0.0923. The minimum atomic E-state index is -0.349. The van der Waals surface area contributed by atoms with Crippen LogP contribution < -0.4 is 5.32 Å². The van der Waals surface area contributed by atoms with Crippen LogP contribution in [0.2, 0.25) is 0 Å². The summed E-state index contributed by atoms with van der Waals surface area (Å²) in [5, 5.41) is 5.09. The number of aromatic nitrogens is 1. The maximum atomic E-state index is 13.1. The van der Waals surface area contributed by atoms with Gasteiger partial charge in [-0.2, -0.15) is 0 Å². The van der Waals surface area contributed by atoms with Gasteiger partial charge in [-0.05, 0) is 42.7 Å². The fourth-order valence-corrected chi connectivity index (χ4v) is 3.87. The zero-order valence-corrected chi connectivity index (χ0v) is 16.9. The molecule has 8 heteroatoms. The molecule has 1 N–H and O–H groups in total. The molecular formula is C20H18FN3O2S2. The van der Waals surface area contributed by atoms with Crippen molar-refractivity contribution in [3.05, 3.63) is 65.4 Å². The van der Waals surface area contributed by atoms with Gasteiger partial charge in [-0.25, -0.2) is 9.37 Å². The summed E-state index contributed by atoms with van der Waals surface area (Å²) in [5.74, 6) is -0.963. The van der Waals surface area contributed by atoms with Crippen molar-refractivity contribution < 1.29 is 14.0 Å². The summed E-state index contributed by atoms with van der Waals surface area (Å²) < 4.78 is 13.1. The smallest absolute Gasteiger partial charge is 0.273 e. The molecule has 0 aliphatic heterocycles. The number of thioether (sulfide) groups is 1. The maximum absolute atomic E-state index is 13.1. The minimum Gasteiger partial charge on any atom is -0.331 e. The van der Waals surface area contributed by atoms with Gasteiger partial charge in [0.2, 0.25) is 5.91 Å². The van der Waals surface area contributed by atoms with Crippen molar-refractivity contribution in [1.82, 2.24) is 9.88 Å².